The van der Waals surface area contributed by atoms with E-state index in [9.17, 15) is 13.2 Å². The van der Waals surface area contributed by atoms with Gasteiger partial charge in [-0.05, 0) is 23.8 Å². The van der Waals surface area contributed by atoms with Gasteiger partial charge in [0.15, 0.2) is 5.69 Å². The Labute approximate surface area is 138 Å². The van der Waals surface area contributed by atoms with Crippen molar-refractivity contribution in [3.63, 3.8) is 0 Å². The molecule has 0 fully saturated rings. The molecule has 0 amide bonds. The van der Waals surface area contributed by atoms with Gasteiger partial charge < -0.3 is 0 Å². The molecule has 3 aromatic rings. The topological polar surface area (TPSA) is 78.2 Å². The molecular weight excluding hydrogens is 339 g/mol. The first-order valence-electron chi connectivity index (χ1n) is 6.60. The van der Waals surface area contributed by atoms with E-state index in [0.29, 0.717) is 21.1 Å². The maximum Gasteiger partial charge on any atom is 0.416 e. The summed E-state index contributed by atoms with van der Waals surface area (Å²) < 4.78 is 38.1. The van der Waals surface area contributed by atoms with Gasteiger partial charge in [-0.1, -0.05) is 23.4 Å². The van der Waals surface area contributed by atoms with Gasteiger partial charge in [0.2, 0.25) is 0 Å². The Morgan fingerprint density at radius 1 is 1.25 bits per heavy atom. The van der Waals surface area contributed by atoms with Crippen LogP contribution in [0.4, 0.5) is 13.2 Å². The van der Waals surface area contributed by atoms with E-state index in [1.807, 2.05) is 6.07 Å². The van der Waals surface area contributed by atoms with Gasteiger partial charge >= 0.3 is 6.18 Å². The molecule has 3 rings (SSSR count). The summed E-state index contributed by atoms with van der Waals surface area (Å²) >= 11 is 1.26. The van der Waals surface area contributed by atoms with Crippen molar-refractivity contribution in [3.05, 3.63) is 52.3 Å². The van der Waals surface area contributed by atoms with Crippen molar-refractivity contribution in [3.8, 4) is 16.6 Å². The average molecular weight is 347 g/mol. The van der Waals surface area contributed by atoms with Gasteiger partial charge in [-0.15, -0.1) is 16.4 Å². The molecule has 0 spiro atoms. The van der Waals surface area contributed by atoms with E-state index in [0.717, 1.165) is 12.1 Å². The van der Waals surface area contributed by atoms with Crippen LogP contribution in [0.2, 0.25) is 0 Å². The Kier molecular flexibility index (Phi) is 4.14. The number of nitrogens with zero attached hydrogens (tertiary/aromatic N) is 4. The highest BCUT2D eigenvalue weighted by molar-refractivity contribution is 7.15. The summed E-state index contributed by atoms with van der Waals surface area (Å²) in [5.41, 5.74) is 0.340. The summed E-state index contributed by atoms with van der Waals surface area (Å²) in [7, 11) is 0. The van der Waals surface area contributed by atoms with Gasteiger partial charge in [0.05, 0.1) is 10.4 Å². The summed E-state index contributed by atoms with van der Waals surface area (Å²) in [4.78, 5) is 4.79. The molecule has 1 N–H and O–H groups in total. The van der Waals surface area contributed by atoms with E-state index in [4.69, 9.17) is 5.26 Å². The summed E-state index contributed by atoms with van der Waals surface area (Å²) in [5.74, 6) is 0. The normalized spacial score (nSPS) is 11.8. The SMILES string of the molecule is N#Cc1[nH]nnc1-c1cnc(C=Cc2cccc(C(F)(F)F)c2)s1. The van der Waals surface area contributed by atoms with Crippen molar-refractivity contribution >= 4 is 23.5 Å². The number of H-pyrrole nitrogens is 1. The van der Waals surface area contributed by atoms with E-state index in [2.05, 4.69) is 20.4 Å². The number of rotatable bonds is 3. The standard InChI is InChI=1S/C15H8F3N5S/c16-15(17,18)10-3-1-2-9(6-10)4-5-13-20-8-12(24-13)14-11(7-19)21-23-22-14/h1-6,8H,(H,21,22,23). The summed E-state index contributed by atoms with van der Waals surface area (Å²) in [6.07, 6.45) is 0.315. The molecule has 9 heteroatoms. The van der Waals surface area contributed by atoms with Crippen LogP contribution in [0.25, 0.3) is 22.7 Å². The number of benzene rings is 1. The Morgan fingerprint density at radius 2 is 2.08 bits per heavy atom. The Hall–Kier alpha value is -2.99. The number of hydrogen-bond acceptors (Lipinski definition) is 5. The molecule has 0 aliphatic carbocycles. The number of alkyl halides is 3. The molecule has 0 aliphatic rings. The number of halogens is 3. The maximum atomic E-state index is 12.7. The van der Waals surface area contributed by atoms with E-state index in [-0.39, 0.29) is 5.69 Å². The van der Waals surface area contributed by atoms with Crippen molar-refractivity contribution in [1.29, 1.82) is 5.26 Å². The van der Waals surface area contributed by atoms with Crippen LogP contribution in [0.15, 0.2) is 30.5 Å². The van der Waals surface area contributed by atoms with Gasteiger partial charge in [-0.25, -0.2) is 10.1 Å². The van der Waals surface area contributed by atoms with Crippen LogP contribution in [0.5, 0.6) is 0 Å². The Morgan fingerprint density at radius 3 is 2.83 bits per heavy atom. The molecule has 2 heterocycles. The molecule has 1 aromatic carbocycles. The molecule has 0 saturated carbocycles. The molecule has 120 valence electrons. The van der Waals surface area contributed by atoms with Gasteiger partial charge in [-0.2, -0.15) is 18.4 Å². The predicted octanol–water partition coefficient (Wildman–Crippen LogP) is 3.99. The minimum absolute atomic E-state index is 0.229. The average Bonchev–Trinajstić information content (AvgIpc) is 3.21. The fourth-order valence-electron chi connectivity index (χ4n) is 1.94. The highest BCUT2D eigenvalue weighted by atomic mass is 32.1. The predicted molar refractivity (Wildman–Crippen MR) is 82.6 cm³/mol. The van der Waals surface area contributed by atoms with Gasteiger partial charge in [0, 0.05) is 6.20 Å². The van der Waals surface area contributed by atoms with Crippen molar-refractivity contribution in [1.82, 2.24) is 20.4 Å². The van der Waals surface area contributed by atoms with Crippen molar-refractivity contribution in [2.45, 2.75) is 6.18 Å². The smallest absolute Gasteiger partial charge is 0.247 e. The lowest BCUT2D eigenvalue weighted by atomic mass is 10.1. The molecular formula is C15H8F3N5S. The second-order valence-electron chi connectivity index (χ2n) is 4.67. The fraction of sp³-hybridized carbons (Fsp3) is 0.0667. The fourth-order valence-corrected chi connectivity index (χ4v) is 2.75. The number of aromatic amines is 1. The van der Waals surface area contributed by atoms with Gasteiger partial charge in [0.25, 0.3) is 0 Å². The number of thiazole rings is 1. The number of hydrogen-bond donors (Lipinski definition) is 1. The molecule has 0 atom stereocenters. The first-order chi connectivity index (χ1) is 11.5. The van der Waals surface area contributed by atoms with Crippen molar-refractivity contribution < 1.29 is 13.2 Å². The van der Waals surface area contributed by atoms with Crippen LogP contribution in [0, 0.1) is 11.3 Å². The second kappa shape index (κ2) is 6.25. The van der Waals surface area contributed by atoms with Gasteiger partial charge in [-0.3, -0.25) is 0 Å². The third-order valence-corrected chi connectivity index (χ3v) is 4.02. The van der Waals surface area contributed by atoms with Crippen LogP contribution in [0.1, 0.15) is 21.8 Å². The highest BCUT2D eigenvalue weighted by Gasteiger charge is 2.30. The van der Waals surface area contributed by atoms with E-state index < -0.39 is 11.7 Å². The van der Waals surface area contributed by atoms with Crippen LogP contribution < -0.4 is 0 Å². The zero-order valence-corrected chi connectivity index (χ0v) is 12.7. The molecule has 0 aliphatic heterocycles. The molecule has 2 aromatic heterocycles. The quantitative estimate of drug-likeness (QED) is 0.777. The van der Waals surface area contributed by atoms with E-state index in [1.165, 1.54) is 23.6 Å². The maximum absolute atomic E-state index is 12.7. The lowest BCUT2D eigenvalue weighted by Gasteiger charge is -2.06. The minimum atomic E-state index is -4.38. The number of nitriles is 1. The zero-order chi connectivity index (χ0) is 17.2. The molecule has 0 unspecified atom stereocenters. The lowest BCUT2D eigenvalue weighted by molar-refractivity contribution is -0.137. The van der Waals surface area contributed by atoms with Crippen molar-refractivity contribution in [2.75, 3.05) is 0 Å². The van der Waals surface area contributed by atoms with Crippen LogP contribution in [-0.4, -0.2) is 20.4 Å². The molecule has 24 heavy (non-hydrogen) atoms. The first kappa shape index (κ1) is 15.9. The molecule has 0 radical (unpaired) electrons. The minimum Gasteiger partial charge on any atom is -0.247 e. The number of nitrogens with one attached hydrogen (secondary N) is 1. The summed E-state index contributed by atoms with van der Waals surface area (Å²) in [6, 6.07) is 6.95. The summed E-state index contributed by atoms with van der Waals surface area (Å²) in [6.45, 7) is 0. The number of aromatic nitrogens is 4. The van der Waals surface area contributed by atoms with Crippen LogP contribution >= 0.6 is 11.3 Å². The summed E-state index contributed by atoms with van der Waals surface area (Å²) in [5, 5.41) is 19.4. The van der Waals surface area contributed by atoms with Crippen molar-refractivity contribution in [2.24, 2.45) is 0 Å². The zero-order valence-electron chi connectivity index (χ0n) is 11.9. The Bertz CT molecular complexity index is 933. The third-order valence-electron chi connectivity index (χ3n) is 3.05. The highest BCUT2D eigenvalue weighted by Crippen LogP contribution is 2.30. The second-order valence-corrected chi connectivity index (χ2v) is 5.73. The molecule has 5 nitrogen and oxygen atoms in total. The van der Waals surface area contributed by atoms with Gasteiger partial charge in [0.1, 0.15) is 16.8 Å². The molecule has 0 bridgehead atoms. The largest absolute Gasteiger partial charge is 0.416 e. The van der Waals surface area contributed by atoms with E-state index in [1.54, 1.807) is 18.2 Å². The third kappa shape index (κ3) is 3.33. The van der Waals surface area contributed by atoms with Crippen LogP contribution in [0.3, 0.4) is 0 Å². The van der Waals surface area contributed by atoms with E-state index >= 15 is 0 Å². The first-order valence-corrected chi connectivity index (χ1v) is 7.42. The Balaban J connectivity index is 1.83. The monoisotopic (exact) mass is 347 g/mol. The lowest BCUT2D eigenvalue weighted by Crippen LogP contribution is -2.04. The molecule has 0 saturated heterocycles. The van der Waals surface area contributed by atoms with Crippen LogP contribution in [-0.2, 0) is 6.18 Å².